The second-order valence-electron chi connectivity index (χ2n) is 5.19. The second kappa shape index (κ2) is 5.44. The van der Waals surface area contributed by atoms with E-state index in [9.17, 15) is 9.59 Å². The fourth-order valence-corrected chi connectivity index (χ4v) is 2.77. The molecule has 1 aromatic carbocycles. The summed E-state index contributed by atoms with van der Waals surface area (Å²) in [5, 5.41) is 2.61. The lowest BCUT2D eigenvalue weighted by Crippen LogP contribution is -2.63. The Hall–Kier alpha value is -1.56. The molecule has 0 spiro atoms. The van der Waals surface area contributed by atoms with Crippen LogP contribution in [0.2, 0.25) is 0 Å². The van der Waals surface area contributed by atoms with Gasteiger partial charge in [0.25, 0.3) is 0 Å². The molecule has 2 amide bonds. The largest absolute Gasteiger partial charge is 0.496 e. The third-order valence-corrected chi connectivity index (χ3v) is 4.11. The van der Waals surface area contributed by atoms with Crippen LogP contribution in [0.5, 0.6) is 5.75 Å². The van der Waals surface area contributed by atoms with Gasteiger partial charge in [0.05, 0.1) is 18.1 Å². The number of methoxy groups -OCH3 is 1. The quantitative estimate of drug-likeness (QED) is 0.910. The minimum absolute atomic E-state index is 0.0551. The number of nitrogens with zero attached hydrogens (tertiary/aromatic N) is 1. The van der Waals surface area contributed by atoms with Crippen LogP contribution in [0.4, 0.5) is 0 Å². The Kier molecular flexibility index (Phi) is 4.04. The van der Waals surface area contributed by atoms with E-state index in [1.807, 2.05) is 18.2 Å². The van der Waals surface area contributed by atoms with Gasteiger partial charge in [-0.05, 0) is 47.5 Å². The smallest absolute Gasteiger partial charge is 0.245 e. The van der Waals surface area contributed by atoms with E-state index < -0.39 is 5.54 Å². The SMILES string of the molecule is COc1ccc(CN2C(=O)CNC(=O)C2(C)C)cc1Br. The second-order valence-corrected chi connectivity index (χ2v) is 6.04. The maximum absolute atomic E-state index is 12.0. The third-order valence-electron chi connectivity index (χ3n) is 3.49. The van der Waals surface area contributed by atoms with Gasteiger partial charge in [0.15, 0.2) is 0 Å². The van der Waals surface area contributed by atoms with E-state index in [4.69, 9.17) is 4.74 Å². The molecule has 5 nitrogen and oxygen atoms in total. The van der Waals surface area contributed by atoms with Crippen molar-refractivity contribution in [1.29, 1.82) is 0 Å². The Morgan fingerprint density at radius 1 is 1.40 bits per heavy atom. The average Bonchev–Trinajstić information content (AvgIpc) is 2.40. The fraction of sp³-hybridized carbons (Fsp3) is 0.429. The first-order valence-corrected chi connectivity index (χ1v) is 7.06. The topological polar surface area (TPSA) is 58.6 Å². The van der Waals surface area contributed by atoms with Gasteiger partial charge < -0.3 is 15.0 Å². The van der Waals surface area contributed by atoms with E-state index in [0.717, 1.165) is 15.8 Å². The van der Waals surface area contributed by atoms with Crippen LogP contribution in [-0.4, -0.2) is 35.9 Å². The molecule has 0 bridgehead atoms. The predicted octanol–water partition coefficient (Wildman–Crippen LogP) is 1.69. The summed E-state index contributed by atoms with van der Waals surface area (Å²) in [6, 6.07) is 5.62. The van der Waals surface area contributed by atoms with Crippen LogP contribution in [0.25, 0.3) is 0 Å². The number of hydrogen-bond acceptors (Lipinski definition) is 3. The molecular formula is C14H17BrN2O3. The van der Waals surface area contributed by atoms with Crippen molar-refractivity contribution in [2.24, 2.45) is 0 Å². The zero-order valence-corrected chi connectivity index (χ0v) is 13.3. The molecule has 0 saturated carbocycles. The van der Waals surface area contributed by atoms with Crippen LogP contribution in [0.15, 0.2) is 22.7 Å². The lowest BCUT2D eigenvalue weighted by atomic mass is 9.97. The lowest BCUT2D eigenvalue weighted by Gasteiger charge is -2.41. The Labute approximate surface area is 126 Å². The van der Waals surface area contributed by atoms with Gasteiger partial charge in [-0.2, -0.15) is 0 Å². The number of piperazine rings is 1. The van der Waals surface area contributed by atoms with Gasteiger partial charge in [-0.25, -0.2) is 0 Å². The first-order chi connectivity index (χ1) is 9.36. The highest BCUT2D eigenvalue weighted by molar-refractivity contribution is 9.10. The number of ether oxygens (including phenoxy) is 1. The summed E-state index contributed by atoms with van der Waals surface area (Å²) < 4.78 is 6.00. The van der Waals surface area contributed by atoms with Gasteiger partial charge in [-0.15, -0.1) is 0 Å². The number of hydrogen-bond donors (Lipinski definition) is 1. The summed E-state index contributed by atoms with van der Waals surface area (Å²) in [6.07, 6.45) is 0. The standard InChI is InChI=1S/C14H17BrN2O3/c1-14(2)13(19)16-7-12(18)17(14)8-9-4-5-11(20-3)10(15)6-9/h4-6H,7-8H2,1-3H3,(H,16,19). The van der Waals surface area contributed by atoms with Crippen molar-refractivity contribution in [1.82, 2.24) is 10.2 Å². The Balaban J connectivity index is 2.25. The normalized spacial score (nSPS) is 17.9. The minimum Gasteiger partial charge on any atom is -0.496 e. The molecule has 108 valence electrons. The summed E-state index contributed by atoms with van der Waals surface area (Å²) in [7, 11) is 1.60. The van der Waals surface area contributed by atoms with E-state index in [-0.39, 0.29) is 18.4 Å². The van der Waals surface area contributed by atoms with E-state index >= 15 is 0 Å². The van der Waals surface area contributed by atoms with Gasteiger partial charge in [0.2, 0.25) is 11.8 Å². The molecule has 0 radical (unpaired) electrons. The molecule has 1 aliphatic rings. The highest BCUT2D eigenvalue weighted by atomic mass is 79.9. The molecule has 1 saturated heterocycles. The monoisotopic (exact) mass is 340 g/mol. The van der Waals surface area contributed by atoms with Crippen LogP contribution < -0.4 is 10.1 Å². The minimum atomic E-state index is -0.845. The summed E-state index contributed by atoms with van der Waals surface area (Å²) in [5.74, 6) is 0.516. The van der Waals surface area contributed by atoms with E-state index in [0.29, 0.717) is 6.54 Å². The predicted molar refractivity (Wildman–Crippen MR) is 78.3 cm³/mol. The van der Waals surface area contributed by atoms with Gasteiger partial charge >= 0.3 is 0 Å². The number of amides is 2. The molecule has 6 heteroatoms. The number of halogens is 1. The van der Waals surface area contributed by atoms with Crippen LogP contribution in [0, 0.1) is 0 Å². The molecule has 1 N–H and O–H groups in total. The van der Waals surface area contributed by atoms with Gasteiger partial charge in [0.1, 0.15) is 11.3 Å². The number of rotatable bonds is 3. The van der Waals surface area contributed by atoms with E-state index in [1.165, 1.54) is 0 Å². The highest BCUT2D eigenvalue weighted by Crippen LogP contribution is 2.28. The van der Waals surface area contributed by atoms with Crippen LogP contribution in [-0.2, 0) is 16.1 Å². The first-order valence-electron chi connectivity index (χ1n) is 6.27. The molecular weight excluding hydrogens is 324 g/mol. The maximum Gasteiger partial charge on any atom is 0.245 e. The summed E-state index contributed by atoms with van der Waals surface area (Å²) in [6.45, 7) is 3.94. The molecule has 1 heterocycles. The molecule has 1 fully saturated rings. The molecule has 20 heavy (non-hydrogen) atoms. The highest BCUT2D eigenvalue weighted by Gasteiger charge is 2.41. The van der Waals surface area contributed by atoms with Crippen molar-refractivity contribution in [3.8, 4) is 5.75 Å². The van der Waals surface area contributed by atoms with Crippen LogP contribution in [0.3, 0.4) is 0 Å². The molecule has 2 rings (SSSR count). The Bertz CT molecular complexity index is 557. The fourth-order valence-electron chi connectivity index (χ4n) is 2.18. The van der Waals surface area contributed by atoms with Crippen LogP contribution in [0.1, 0.15) is 19.4 Å². The van der Waals surface area contributed by atoms with Crippen molar-refractivity contribution in [2.45, 2.75) is 25.9 Å². The summed E-state index contributed by atoms with van der Waals surface area (Å²) in [5.41, 5.74) is 0.0932. The molecule has 0 unspecified atom stereocenters. The Morgan fingerprint density at radius 2 is 2.10 bits per heavy atom. The molecule has 0 atom stereocenters. The third kappa shape index (κ3) is 2.65. The van der Waals surface area contributed by atoms with Gasteiger partial charge in [-0.1, -0.05) is 6.07 Å². The van der Waals surface area contributed by atoms with Gasteiger partial charge in [0, 0.05) is 6.54 Å². The molecule has 1 aliphatic heterocycles. The zero-order valence-electron chi connectivity index (χ0n) is 11.7. The van der Waals surface area contributed by atoms with Gasteiger partial charge in [-0.3, -0.25) is 9.59 Å². The summed E-state index contributed by atoms with van der Waals surface area (Å²) in [4.78, 5) is 25.5. The average molecular weight is 341 g/mol. The summed E-state index contributed by atoms with van der Waals surface area (Å²) >= 11 is 3.42. The van der Waals surface area contributed by atoms with Crippen molar-refractivity contribution < 1.29 is 14.3 Å². The lowest BCUT2D eigenvalue weighted by molar-refractivity contribution is -0.152. The Morgan fingerprint density at radius 3 is 2.70 bits per heavy atom. The maximum atomic E-state index is 12.0. The van der Waals surface area contributed by atoms with Crippen LogP contribution >= 0.6 is 15.9 Å². The van der Waals surface area contributed by atoms with E-state index in [1.54, 1.807) is 25.9 Å². The molecule has 0 aromatic heterocycles. The van der Waals surface area contributed by atoms with Crippen molar-refractivity contribution in [3.63, 3.8) is 0 Å². The van der Waals surface area contributed by atoms with Crippen molar-refractivity contribution in [3.05, 3.63) is 28.2 Å². The zero-order chi connectivity index (χ0) is 14.9. The number of benzene rings is 1. The number of carbonyl (C=O) groups excluding carboxylic acids is 2. The first kappa shape index (κ1) is 14.8. The van der Waals surface area contributed by atoms with Crippen molar-refractivity contribution in [2.75, 3.05) is 13.7 Å². The molecule has 0 aliphatic carbocycles. The number of carbonyl (C=O) groups is 2. The molecule has 1 aromatic rings. The number of nitrogens with one attached hydrogen (secondary N) is 1. The van der Waals surface area contributed by atoms with E-state index in [2.05, 4.69) is 21.2 Å². The van der Waals surface area contributed by atoms with Crippen molar-refractivity contribution >= 4 is 27.7 Å².